The van der Waals surface area contributed by atoms with Crippen LogP contribution in [0.3, 0.4) is 0 Å². The van der Waals surface area contributed by atoms with Gasteiger partial charge in [-0.25, -0.2) is 9.37 Å². The van der Waals surface area contributed by atoms with E-state index in [2.05, 4.69) is 15.0 Å². The fourth-order valence-electron chi connectivity index (χ4n) is 2.82. The third-order valence-corrected chi connectivity index (χ3v) is 3.91. The Hall–Kier alpha value is -3.21. The van der Waals surface area contributed by atoms with Gasteiger partial charge in [0.15, 0.2) is 0 Å². The van der Waals surface area contributed by atoms with Crippen molar-refractivity contribution >= 4 is 11.0 Å². The van der Waals surface area contributed by atoms with Gasteiger partial charge in [0, 0.05) is 29.6 Å². The molecule has 4 nitrogen and oxygen atoms in total. The summed E-state index contributed by atoms with van der Waals surface area (Å²) in [5.41, 5.74) is 5.07. The van der Waals surface area contributed by atoms with Gasteiger partial charge in [-0.15, -0.1) is 0 Å². The Morgan fingerprint density at radius 3 is 2.58 bits per heavy atom. The van der Waals surface area contributed by atoms with Crippen molar-refractivity contribution in [3.8, 4) is 28.3 Å². The standard InChI is InChI=1S/C19H14FN3O/c1-24-16-6-5-15-19(23-16)17(12-7-9-21-10-8-12)18(22-15)13-3-2-4-14(20)11-13/h2-11,22H,1H3. The number of fused-ring (bicyclic) bond motifs is 1. The Kier molecular flexibility index (Phi) is 3.46. The molecule has 0 aliphatic heterocycles. The molecule has 118 valence electrons. The maximum absolute atomic E-state index is 13.7. The zero-order valence-corrected chi connectivity index (χ0v) is 13.0. The summed E-state index contributed by atoms with van der Waals surface area (Å²) < 4.78 is 19.0. The molecular formula is C19H14FN3O. The van der Waals surface area contributed by atoms with Crippen molar-refractivity contribution in [2.45, 2.75) is 0 Å². The van der Waals surface area contributed by atoms with Crippen molar-refractivity contribution < 1.29 is 9.13 Å². The topological polar surface area (TPSA) is 50.8 Å². The number of nitrogens with zero attached hydrogens (tertiary/aromatic N) is 2. The molecule has 1 aromatic carbocycles. The smallest absolute Gasteiger partial charge is 0.213 e. The summed E-state index contributed by atoms with van der Waals surface area (Å²) in [7, 11) is 1.58. The van der Waals surface area contributed by atoms with E-state index in [4.69, 9.17) is 4.74 Å². The first-order chi connectivity index (χ1) is 11.8. The van der Waals surface area contributed by atoms with Crippen molar-refractivity contribution in [1.82, 2.24) is 15.0 Å². The monoisotopic (exact) mass is 319 g/mol. The second kappa shape index (κ2) is 5.77. The highest BCUT2D eigenvalue weighted by molar-refractivity contribution is 6.01. The summed E-state index contributed by atoms with van der Waals surface area (Å²) in [6, 6.07) is 14.0. The molecule has 1 N–H and O–H groups in total. The van der Waals surface area contributed by atoms with Crippen LogP contribution in [0.2, 0.25) is 0 Å². The summed E-state index contributed by atoms with van der Waals surface area (Å²) in [6.45, 7) is 0. The normalized spacial score (nSPS) is 10.9. The lowest BCUT2D eigenvalue weighted by molar-refractivity contribution is 0.399. The van der Waals surface area contributed by atoms with Gasteiger partial charge in [-0.2, -0.15) is 0 Å². The molecule has 0 aliphatic rings. The predicted molar refractivity (Wildman–Crippen MR) is 91.3 cm³/mol. The Balaban J connectivity index is 2.06. The molecule has 0 spiro atoms. The molecule has 24 heavy (non-hydrogen) atoms. The van der Waals surface area contributed by atoms with Crippen LogP contribution in [-0.2, 0) is 0 Å². The minimum Gasteiger partial charge on any atom is -0.481 e. The molecule has 0 unspecified atom stereocenters. The predicted octanol–water partition coefficient (Wildman–Crippen LogP) is 4.44. The highest BCUT2D eigenvalue weighted by Gasteiger charge is 2.17. The van der Waals surface area contributed by atoms with Gasteiger partial charge in [0.25, 0.3) is 0 Å². The molecule has 5 heteroatoms. The van der Waals surface area contributed by atoms with E-state index >= 15 is 0 Å². The van der Waals surface area contributed by atoms with Crippen molar-refractivity contribution in [2.75, 3.05) is 7.11 Å². The molecule has 0 saturated heterocycles. The van der Waals surface area contributed by atoms with Crippen molar-refractivity contribution in [3.63, 3.8) is 0 Å². The van der Waals surface area contributed by atoms with Gasteiger partial charge >= 0.3 is 0 Å². The molecule has 0 aliphatic carbocycles. The van der Waals surface area contributed by atoms with Gasteiger partial charge in [0.2, 0.25) is 5.88 Å². The summed E-state index contributed by atoms with van der Waals surface area (Å²) >= 11 is 0. The summed E-state index contributed by atoms with van der Waals surface area (Å²) in [4.78, 5) is 12.0. The number of pyridine rings is 2. The van der Waals surface area contributed by atoms with Crippen LogP contribution >= 0.6 is 0 Å². The zero-order valence-electron chi connectivity index (χ0n) is 13.0. The first-order valence-electron chi connectivity index (χ1n) is 7.49. The van der Waals surface area contributed by atoms with Gasteiger partial charge in [0.05, 0.1) is 18.3 Å². The molecule has 0 saturated carbocycles. The Morgan fingerprint density at radius 2 is 1.83 bits per heavy atom. The van der Waals surface area contributed by atoms with Gasteiger partial charge in [-0.1, -0.05) is 12.1 Å². The number of ether oxygens (including phenoxy) is 1. The highest BCUT2D eigenvalue weighted by atomic mass is 19.1. The van der Waals surface area contributed by atoms with E-state index in [0.29, 0.717) is 5.88 Å². The molecule has 0 bridgehead atoms. The number of benzene rings is 1. The number of nitrogens with one attached hydrogen (secondary N) is 1. The maximum Gasteiger partial charge on any atom is 0.213 e. The Morgan fingerprint density at radius 1 is 1.00 bits per heavy atom. The lowest BCUT2D eigenvalue weighted by Gasteiger charge is -2.05. The molecule has 4 rings (SSSR count). The van der Waals surface area contributed by atoms with E-state index < -0.39 is 0 Å². The van der Waals surface area contributed by atoms with E-state index in [1.54, 1.807) is 31.6 Å². The summed E-state index contributed by atoms with van der Waals surface area (Å²) in [5, 5.41) is 0. The highest BCUT2D eigenvalue weighted by Crippen LogP contribution is 2.38. The first-order valence-corrected chi connectivity index (χ1v) is 7.49. The van der Waals surface area contributed by atoms with Crippen LogP contribution in [0.4, 0.5) is 4.39 Å². The quantitative estimate of drug-likeness (QED) is 0.607. The van der Waals surface area contributed by atoms with Gasteiger partial charge in [0.1, 0.15) is 11.3 Å². The summed E-state index contributed by atoms with van der Waals surface area (Å²) in [5.74, 6) is 0.250. The number of hydrogen-bond acceptors (Lipinski definition) is 3. The molecule has 0 atom stereocenters. The molecule has 3 heterocycles. The van der Waals surface area contributed by atoms with E-state index in [9.17, 15) is 4.39 Å². The number of hydrogen-bond donors (Lipinski definition) is 1. The fourth-order valence-corrected chi connectivity index (χ4v) is 2.82. The van der Waals surface area contributed by atoms with E-state index in [-0.39, 0.29) is 5.82 Å². The third-order valence-electron chi connectivity index (χ3n) is 3.91. The second-order valence-corrected chi connectivity index (χ2v) is 5.37. The van der Waals surface area contributed by atoms with Crippen LogP contribution in [0.1, 0.15) is 0 Å². The van der Waals surface area contributed by atoms with Crippen LogP contribution in [0, 0.1) is 5.82 Å². The third kappa shape index (κ3) is 2.40. The fraction of sp³-hybridized carbons (Fsp3) is 0.0526. The SMILES string of the molecule is COc1ccc2[nH]c(-c3cccc(F)c3)c(-c3ccncc3)c2n1. The molecule has 4 aromatic rings. The van der Waals surface area contributed by atoms with Crippen LogP contribution in [0.5, 0.6) is 5.88 Å². The van der Waals surface area contributed by atoms with Crippen LogP contribution in [0.25, 0.3) is 33.4 Å². The zero-order chi connectivity index (χ0) is 16.5. The average molecular weight is 319 g/mol. The number of aromatic nitrogens is 3. The van der Waals surface area contributed by atoms with Crippen molar-refractivity contribution in [1.29, 1.82) is 0 Å². The van der Waals surface area contributed by atoms with E-state index in [1.165, 1.54) is 12.1 Å². The van der Waals surface area contributed by atoms with Crippen molar-refractivity contribution in [2.24, 2.45) is 0 Å². The van der Waals surface area contributed by atoms with Gasteiger partial charge in [-0.3, -0.25) is 4.98 Å². The summed E-state index contributed by atoms with van der Waals surface area (Å²) in [6.07, 6.45) is 3.45. The van der Waals surface area contributed by atoms with Gasteiger partial charge < -0.3 is 9.72 Å². The molecular weight excluding hydrogens is 305 g/mol. The number of methoxy groups -OCH3 is 1. The number of H-pyrrole nitrogens is 1. The lowest BCUT2D eigenvalue weighted by Crippen LogP contribution is -1.88. The van der Waals surface area contributed by atoms with Crippen LogP contribution < -0.4 is 4.74 Å². The molecule has 0 radical (unpaired) electrons. The molecule has 0 amide bonds. The maximum atomic E-state index is 13.7. The van der Waals surface area contributed by atoms with Crippen LogP contribution in [0.15, 0.2) is 60.9 Å². The number of rotatable bonds is 3. The minimum absolute atomic E-state index is 0.280. The van der Waals surface area contributed by atoms with Gasteiger partial charge in [-0.05, 0) is 35.9 Å². The van der Waals surface area contributed by atoms with E-state index in [1.807, 2.05) is 24.3 Å². The minimum atomic E-state index is -0.280. The molecule has 0 fully saturated rings. The first kappa shape index (κ1) is 14.4. The number of halogens is 1. The van der Waals surface area contributed by atoms with Crippen LogP contribution in [-0.4, -0.2) is 22.1 Å². The Labute approximate surface area is 138 Å². The Bertz CT molecular complexity index is 1010. The second-order valence-electron chi connectivity index (χ2n) is 5.37. The van der Waals surface area contributed by atoms with Crippen molar-refractivity contribution in [3.05, 3.63) is 66.7 Å². The molecule has 3 aromatic heterocycles. The van der Waals surface area contributed by atoms with E-state index in [0.717, 1.165) is 33.4 Å². The largest absolute Gasteiger partial charge is 0.481 e. The lowest BCUT2D eigenvalue weighted by atomic mass is 10.0. The average Bonchev–Trinajstić information content (AvgIpc) is 3.01. The number of aromatic amines is 1.